The maximum absolute atomic E-state index is 12.9. The van der Waals surface area contributed by atoms with Gasteiger partial charge in [0.15, 0.2) is 0 Å². The SMILES string of the molecule is Cc1oc(C)c(C(=O)N2CC(C)C(N3CCOCC3)C2)c1C. The first-order chi connectivity index (χ1) is 10.5. The first-order valence-corrected chi connectivity index (χ1v) is 8.16. The summed E-state index contributed by atoms with van der Waals surface area (Å²) in [6.07, 6.45) is 0. The molecule has 2 saturated heterocycles. The molecule has 5 heteroatoms. The standard InChI is InChI=1S/C17H26N2O3/c1-11-9-19(10-15(11)18-5-7-21-8-6-18)17(20)16-12(2)13(3)22-14(16)4/h11,15H,5-10H2,1-4H3. The van der Waals surface area contributed by atoms with E-state index in [4.69, 9.17) is 9.15 Å². The zero-order valence-corrected chi connectivity index (χ0v) is 14.0. The highest BCUT2D eigenvalue weighted by Crippen LogP contribution is 2.27. The van der Waals surface area contributed by atoms with E-state index in [1.807, 2.05) is 25.7 Å². The number of hydrogen-bond acceptors (Lipinski definition) is 4. The lowest BCUT2D eigenvalue weighted by atomic mass is 10.0. The van der Waals surface area contributed by atoms with Gasteiger partial charge in [0.25, 0.3) is 5.91 Å². The molecule has 0 radical (unpaired) electrons. The van der Waals surface area contributed by atoms with Gasteiger partial charge in [0, 0.05) is 37.8 Å². The number of aryl methyl sites for hydroxylation is 2. The van der Waals surface area contributed by atoms with Crippen LogP contribution in [-0.4, -0.2) is 61.1 Å². The molecule has 2 aliphatic heterocycles. The van der Waals surface area contributed by atoms with Gasteiger partial charge in [0.05, 0.1) is 18.8 Å². The predicted octanol–water partition coefficient (Wildman–Crippen LogP) is 2.00. The summed E-state index contributed by atoms with van der Waals surface area (Å²) < 4.78 is 11.1. The second-order valence-corrected chi connectivity index (χ2v) is 6.62. The van der Waals surface area contributed by atoms with E-state index >= 15 is 0 Å². The number of morpholine rings is 1. The van der Waals surface area contributed by atoms with Crippen molar-refractivity contribution < 1.29 is 13.9 Å². The van der Waals surface area contributed by atoms with Crippen LogP contribution in [0.5, 0.6) is 0 Å². The fraction of sp³-hybridized carbons (Fsp3) is 0.706. The molecule has 2 unspecified atom stereocenters. The van der Waals surface area contributed by atoms with Crippen molar-refractivity contribution in [2.75, 3.05) is 39.4 Å². The Morgan fingerprint density at radius 3 is 2.36 bits per heavy atom. The van der Waals surface area contributed by atoms with Gasteiger partial charge in [-0.3, -0.25) is 9.69 Å². The molecule has 2 fully saturated rings. The quantitative estimate of drug-likeness (QED) is 0.838. The molecule has 3 heterocycles. The Hall–Kier alpha value is -1.33. The van der Waals surface area contributed by atoms with Crippen molar-refractivity contribution in [3.63, 3.8) is 0 Å². The van der Waals surface area contributed by atoms with Gasteiger partial charge in [0.1, 0.15) is 11.5 Å². The molecule has 0 aliphatic carbocycles. The van der Waals surface area contributed by atoms with Crippen LogP contribution in [0.4, 0.5) is 0 Å². The average molecular weight is 306 g/mol. The van der Waals surface area contributed by atoms with Gasteiger partial charge in [-0.05, 0) is 26.7 Å². The Kier molecular flexibility index (Phi) is 4.28. The summed E-state index contributed by atoms with van der Waals surface area (Å²) in [6, 6.07) is 0.446. The van der Waals surface area contributed by atoms with Crippen molar-refractivity contribution in [3.8, 4) is 0 Å². The molecule has 1 aromatic heterocycles. The van der Waals surface area contributed by atoms with E-state index < -0.39 is 0 Å². The summed E-state index contributed by atoms with van der Waals surface area (Å²) in [4.78, 5) is 17.4. The van der Waals surface area contributed by atoms with Gasteiger partial charge in [-0.1, -0.05) is 6.92 Å². The average Bonchev–Trinajstić information content (AvgIpc) is 3.00. The van der Waals surface area contributed by atoms with Crippen LogP contribution in [0, 0.1) is 26.7 Å². The summed E-state index contributed by atoms with van der Waals surface area (Å²) >= 11 is 0. The minimum Gasteiger partial charge on any atom is -0.466 e. The van der Waals surface area contributed by atoms with E-state index in [9.17, 15) is 4.79 Å². The van der Waals surface area contributed by atoms with E-state index in [-0.39, 0.29) is 5.91 Å². The van der Waals surface area contributed by atoms with E-state index in [1.165, 1.54) is 0 Å². The highest BCUT2D eigenvalue weighted by Gasteiger charge is 2.38. The van der Waals surface area contributed by atoms with Crippen molar-refractivity contribution in [2.45, 2.75) is 33.7 Å². The smallest absolute Gasteiger partial charge is 0.257 e. The molecular weight excluding hydrogens is 280 g/mol. The molecule has 5 nitrogen and oxygen atoms in total. The molecule has 1 amide bonds. The Balaban J connectivity index is 1.74. The van der Waals surface area contributed by atoms with Crippen molar-refractivity contribution in [2.24, 2.45) is 5.92 Å². The maximum atomic E-state index is 12.9. The minimum atomic E-state index is 0.120. The topological polar surface area (TPSA) is 45.9 Å². The zero-order valence-electron chi connectivity index (χ0n) is 14.0. The summed E-state index contributed by atoms with van der Waals surface area (Å²) in [5.41, 5.74) is 1.73. The number of rotatable bonds is 2. The number of amides is 1. The zero-order chi connectivity index (χ0) is 15.9. The van der Waals surface area contributed by atoms with Crippen molar-refractivity contribution in [1.82, 2.24) is 9.80 Å². The molecule has 2 aliphatic rings. The van der Waals surface area contributed by atoms with Crippen LogP contribution in [0.2, 0.25) is 0 Å². The van der Waals surface area contributed by atoms with Gasteiger partial charge >= 0.3 is 0 Å². The number of carbonyl (C=O) groups excluding carboxylic acids is 1. The maximum Gasteiger partial charge on any atom is 0.257 e. The highest BCUT2D eigenvalue weighted by molar-refractivity contribution is 5.97. The molecular formula is C17H26N2O3. The number of ether oxygens (including phenoxy) is 1. The van der Waals surface area contributed by atoms with Gasteiger partial charge < -0.3 is 14.1 Å². The lowest BCUT2D eigenvalue weighted by Gasteiger charge is -2.33. The molecule has 122 valence electrons. The Morgan fingerprint density at radius 2 is 1.77 bits per heavy atom. The normalized spacial score (nSPS) is 26.6. The van der Waals surface area contributed by atoms with Crippen LogP contribution < -0.4 is 0 Å². The number of nitrogens with zero attached hydrogens (tertiary/aromatic N) is 2. The van der Waals surface area contributed by atoms with Gasteiger partial charge in [-0.2, -0.15) is 0 Å². The molecule has 0 saturated carbocycles. The third-order valence-electron chi connectivity index (χ3n) is 5.15. The minimum absolute atomic E-state index is 0.120. The second kappa shape index (κ2) is 6.05. The number of furan rings is 1. The summed E-state index contributed by atoms with van der Waals surface area (Å²) in [7, 11) is 0. The molecule has 0 aromatic carbocycles. The number of hydrogen-bond donors (Lipinski definition) is 0. The summed E-state index contributed by atoms with van der Waals surface area (Å²) in [5, 5.41) is 0. The van der Waals surface area contributed by atoms with E-state index in [0.717, 1.165) is 62.0 Å². The van der Waals surface area contributed by atoms with E-state index in [2.05, 4.69) is 11.8 Å². The molecule has 0 spiro atoms. The van der Waals surface area contributed by atoms with Crippen LogP contribution in [0.15, 0.2) is 4.42 Å². The van der Waals surface area contributed by atoms with Crippen LogP contribution in [0.25, 0.3) is 0 Å². The Morgan fingerprint density at radius 1 is 1.09 bits per heavy atom. The van der Waals surface area contributed by atoms with Crippen molar-refractivity contribution in [1.29, 1.82) is 0 Å². The molecule has 1 aromatic rings. The van der Waals surface area contributed by atoms with Crippen molar-refractivity contribution in [3.05, 3.63) is 22.6 Å². The van der Waals surface area contributed by atoms with Crippen LogP contribution in [0.3, 0.4) is 0 Å². The van der Waals surface area contributed by atoms with Crippen molar-refractivity contribution >= 4 is 5.91 Å². The Bertz CT molecular complexity index is 560. The van der Waals surface area contributed by atoms with Crippen LogP contribution in [0.1, 0.15) is 34.4 Å². The summed E-state index contributed by atoms with van der Waals surface area (Å²) in [6.45, 7) is 13.2. The first kappa shape index (κ1) is 15.6. The van der Waals surface area contributed by atoms with Crippen LogP contribution in [-0.2, 0) is 4.74 Å². The third-order valence-corrected chi connectivity index (χ3v) is 5.15. The van der Waals surface area contributed by atoms with Gasteiger partial charge in [-0.15, -0.1) is 0 Å². The fourth-order valence-corrected chi connectivity index (χ4v) is 3.77. The predicted molar refractivity (Wildman–Crippen MR) is 84.2 cm³/mol. The monoisotopic (exact) mass is 306 g/mol. The fourth-order valence-electron chi connectivity index (χ4n) is 3.77. The molecule has 22 heavy (non-hydrogen) atoms. The molecule has 0 bridgehead atoms. The van der Waals surface area contributed by atoms with E-state index in [1.54, 1.807) is 0 Å². The van der Waals surface area contributed by atoms with Gasteiger partial charge in [0.2, 0.25) is 0 Å². The lowest BCUT2D eigenvalue weighted by Crippen LogP contribution is -2.47. The first-order valence-electron chi connectivity index (χ1n) is 8.16. The van der Waals surface area contributed by atoms with Crippen LogP contribution >= 0.6 is 0 Å². The summed E-state index contributed by atoms with van der Waals surface area (Å²) in [5.74, 6) is 2.20. The van der Waals surface area contributed by atoms with Gasteiger partial charge in [-0.25, -0.2) is 0 Å². The Labute approximate surface area is 132 Å². The number of likely N-dealkylation sites (tertiary alicyclic amines) is 1. The molecule has 2 atom stereocenters. The lowest BCUT2D eigenvalue weighted by molar-refractivity contribution is 0.0119. The molecule has 3 rings (SSSR count). The number of carbonyl (C=O) groups is 1. The highest BCUT2D eigenvalue weighted by atomic mass is 16.5. The third kappa shape index (κ3) is 2.68. The largest absolute Gasteiger partial charge is 0.466 e. The second-order valence-electron chi connectivity index (χ2n) is 6.62. The molecule has 0 N–H and O–H groups in total. The van der Waals surface area contributed by atoms with E-state index in [0.29, 0.717) is 12.0 Å².